The highest BCUT2D eigenvalue weighted by Gasteiger charge is 2.10. The number of aryl methyl sites for hydroxylation is 3. The highest BCUT2D eigenvalue weighted by molar-refractivity contribution is 8.00. The van der Waals surface area contributed by atoms with Gasteiger partial charge in [-0.05, 0) is 70.0 Å². The number of nitrogens with one attached hydrogen (secondary N) is 1. The number of carbonyl (C=O) groups is 1. The summed E-state index contributed by atoms with van der Waals surface area (Å²) in [7, 11) is 0. The zero-order chi connectivity index (χ0) is 22.4. The number of nitrogens with zero attached hydrogens (tertiary/aromatic N) is 3. The molecule has 0 saturated heterocycles. The summed E-state index contributed by atoms with van der Waals surface area (Å²) >= 11 is 1.51. The summed E-state index contributed by atoms with van der Waals surface area (Å²) in [5, 5.41) is 5.21. The molecule has 0 bridgehead atoms. The van der Waals surface area contributed by atoms with E-state index < -0.39 is 0 Å². The molecule has 1 aromatic heterocycles. The number of carbonyl (C=O) groups excluding carboxylic acids is 1. The summed E-state index contributed by atoms with van der Waals surface area (Å²) in [6.07, 6.45) is 1.67. The molecule has 6 heteroatoms. The monoisotopic (exact) mass is 434 g/mol. The largest absolute Gasteiger partial charge is 0.372 e. The molecular weight excluding hydrogens is 404 g/mol. The number of fused-ring (bicyclic) bond motifs is 1. The van der Waals surface area contributed by atoms with Crippen molar-refractivity contribution in [2.24, 2.45) is 5.10 Å². The van der Waals surface area contributed by atoms with Crippen molar-refractivity contribution >= 4 is 40.5 Å². The van der Waals surface area contributed by atoms with Crippen LogP contribution in [0.5, 0.6) is 0 Å². The highest BCUT2D eigenvalue weighted by atomic mass is 32.2. The van der Waals surface area contributed by atoms with Gasteiger partial charge in [-0.1, -0.05) is 23.8 Å². The molecule has 0 saturated carbocycles. The van der Waals surface area contributed by atoms with Crippen molar-refractivity contribution in [3.63, 3.8) is 0 Å². The minimum Gasteiger partial charge on any atom is -0.372 e. The van der Waals surface area contributed by atoms with Crippen LogP contribution in [0.25, 0.3) is 10.9 Å². The van der Waals surface area contributed by atoms with Crippen molar-refractivity contribution in [1.29, 1.82) is 0 Å². The van der Waals surface area contributed by atoms with E-state index in [2.05, 4.69) is 72.4 Å². The lowest BCUT2D eigenvalue weighted by atomic mass is 10.1. The molecule has 3 aromatic rings. The Labute approximate surface area is 188 Å². The lowest BCUT2D eigenvalue weighted by Crippen LogP contribution is -2.21. The van der Waals surface area contributed by atoms with Gasteiger partial charge in [-0.15, -0.1) is 11.8 Å². The Morgan fingerprint density at radius 2 is 1.81 bits per heavy atom. The van der Waals surface area contributed by atoms with Crippen LogP contribution in [0, 0.1) is 20.8 Å². The average molecular weight is 435 g/mol. The zero-order valence-electron chi connectivity index (χ0n) is 18.9. The first-order valence-electron chi connectivity index (χ1n) is 10.6. The molecular formula is C25H30N4OS. The number of aromatic nitrogens is 1. The van der Waals surface area contributed by atoms with Crippen LogP contribution in [0.1, 0.15) is 36.2 Å². The molecule has 3 rings (SSSR count). The minimum atomic E-state index is -0.131. The van der Waals surface area contributed by atoms with Crippen molar-refractivity contribution in [3.8, 4) is 0 Å². The molecule has 1 amide bonds. The predicted molar refractivity (Wildman–Crippen MR) is 132 cm³/mol. The van der Waals surface area contributed by atoms with Gasteiger partial charge in [0.15, 0.2) is 0 Å². The Morgan fingerprint density at radius 1 is 1.10 bits per heavy atom. The van der Waals surface area contributed by atoms with Crippen LogP contribution in [-0.2, 0) is 4.79 Å². The van der Waals surface area contributed by atoms with Crippen LogP contribution in [0.15, 0.2) is 52.5 Å². The van der Waals surface area contributed by atoms with E-state index >= 15 is 0 Å². The van der Waals surface area contributed by atoms with Gasteiger partial charge in [-0.2, -0.15) is 5.10 Å². The first kappa shape index (κ1) is 22.8. The highest BCUT2D eigenvalue weighted by Crippen LogP contribution is 2.30. The van der Waals surface area contributed by atoms with Gasteiger partial charge in [-0.3, -0.25) is 9.78 Å². The maximum absolute atomic E-state index is 12.3. The van der Waals surface area contributed by atoms with Crippen LogP contribution in [0.4, 0.5) is 5.69 Å². The second-order valence-corrected chi connectivity index (χ2v) is 8.60. The Balaban J connectivity index is 1.61. The fourth-order valence-corrected chi connectivity index (χ4v) is 4.52. The number of pyridine rings is 1. The topological polar surface area (TPSA) is 57.6 Å². The molecule has 162 valence electrons. The summed E-state index contributed by atoms with van der Waals surface area (Å²) in [6, 6.07) is 14.5. The third kappa shape index (κ3) is 5.85. The fourth-order valence-electron chi connectivity index (χ4n) is 3.61. The van der Waals surface area contributed by atoms with E-state index in [1.807, 2.05) is 25.1 Å². The maximum Gasteiger partial charge on any atom is 0.250 e. The SMILES string of the molecule is CCN(CC)c1ccc(/C=N\NC(=O)CSc2cc(C)nc3c(C)cc(C)cc23)cc1. The molecule has 0 aliphatic rings. The van der Waals surface area contributed by atoms with E-state index in [-0.39, 0.29) is 5.91 Å². The molecule has 1 heterocycles. The first-order chi connectivity index (χ1) is 14.9. The van der Waals surface area contributed by atoms with Gasteiger partial charge in [0, 0.05) is 34.8 Å². The molecule has 0 aliphatic carbocycles. The molecule has 5 nitrogen and oxygen atoms in total. The van der Waals surface area contributed by atoms with Crippen molar-refractivity contribution in [2.45, 2.75) is 39.5 Å². The van der Waals surface area contributed by atoms with Crippen molar-refractivity contribution in [1.82, 2.24) is 10.4 Å². The second-order valence-electron chi connectivity index (χ2n) is 7.59. The molecule has 2 aromatic carbocycles. The van der Waals surface area contributed by atoms with Crippen LogP contribution >= 0.6 is 11.8 Å². The number of anilines is 1. The lowest BCUT2D eigenvalue weighted by molar-refractivity contribution is -0.118. The van der Waals surface area contributed by atoms with Gasteiger partial charge < -0.3 is 4.90 Å². The minimum absolute atomic E-state index is 0.131. The third-order valence-electron chi connectivity index (χ3n) is 5.12. The summed E-state index contributed by atoms with van der Waals surface area (Å²) in [4.78, 5) is 20.3. The second kappa shape index (κ2) is 10.4. The van der Waals surface area contributed by atoms with Crippen molar-refractivity contribution < 1.29 is 4.79 Å². The number of hydrogen-bond donors (Lipinski definition) is 1. The van der Waals surface area contributed by atoms with E-state index in [9.17, 15) is 4.79 Å². The van der Waals surface area contributed by atoms with Crippen molar-refractivity contribution in [2.75, 3.05) is 23.7 Å². The Bertz CT molecular complexity index is 1090. The normalized spacial score (nSPS) is 11.3. The average Bonchev–Trinajstić information content (AvgIpc) is 2.74. The number of hydrazone groups is 1. The Morgan fingerprint density at radius 3 is 2.48 bits per heavy atom. The smallest absolute Gasteiger partial charge is 0.250 e. The number of thioether (sulfide) groups is 1. The van der Waals surface area contributed by atoms with Gasteiger partial charge >= 0.3 is 0 Å². The molecule has 31 heavy (non-hydrogen) atoms. The molecule has 0 atom stereocenters. The van der Waals surface area contributed by atoms with Crippen LogP contribution in [0.2, 0.25) is 0 Å². The standard InChI is InChI=1S/C25H30N4OS/c1-6-29(7-2)21-10-8-20(9-11-21)15-26-28-24(30)16-31-23-14-19(5)27-25-18(4)12-17(3)13-22(23)25/h8-15H,6-7,16H2,1-5H3,(H,28,30)/b26-15-. The molecule has 0 fully saturated rings. The summed E-state index contributed by atoms with van der Waals surface area (Å²) in [6.45, 7) is 12.4. The quantitative estimate of drug-likeness (QED) is 0.299. The zero-order valence-corrected chi connectivity index (χ0v) is 19.7. The van der Waals surface area contributed by atoms with Gasteiger partial charge in [0.25, 0.3) is 0 Å². The van der Waals surface area contributed by atoms with Gasteiger partial charge in [0.2, 0.25) is 5.91 Å². The summed E-state index contributed by atoms with van der Waals surface area (Å²) < 4.78 is 0. The lowest BCUT2D eigenvalue weighted by Gasteiger charge is -2.20. The Kier molecular flexibility index (Phi) is 7.69. The van der Waals surface area contributed by atoms with E-state index in [1.165, 1.54) is 23.0 Å². The van der Waals surface area contributed by atoms with Gasteiger partial charge in [-0.25, -0.2) is 5.43 Å². The fraction of sp³-hybridized carbons (Fsp3) is 0.320. The molecule has 0 spiro atoms. The number of amides is 1. The third-order valence-corrected chi connectivity index (χ3v) is 6.18. The van der Waals surface area contributed by atoms with Crippen LogP contribution in [0.3, 0.4) is 0 Å². The first-order valence-corrected chi connectivity index (χ1v) is 11.6. The van der Waals surface area contributed by atoms with Gasteiger partial charge in [0.05, 0.1) is 17.5 Å². The summed E-state index contributed by atoms with van der Waals surface area (Å²) in [5.41, 5.74) is 9.07. The van der Waals surface area contributed by atoms with E-state index in [1.54, 1.807) is 6.21 Å². The van der Waals surface area contributed by atoms with Crippen LogP contribution < -0.4 is 10.3 Å². The van der Waals surface area contributed by atoms with E-state index in [4.69, 9.17) is 0 Å². The Hall–Kier alpha value is -2.86. The molecule has 0 unspecified atom stereocenters. The predicted octanol–water partition coefficient (Wildman–Crippen LogP) is 5.25. The number of benzene rings is 2. The van der Waals surface area contributed by atoms with Crippen LogP contribution in [-0.4, -0.2) is 35.9 Å². The molecule has 0 radical (unpaired) electrons. The van der Waals surface area contributed by atoms with E-state index in [0.717, 1.165) is 45.7 Å². The van der Waals surface area contributed by atoms with E-state index in [0.29, 0.717) is 5.75 Å². The summed E-state index contributed by atoms with van der Waals surface area (Å²) in [5.74, 6) is 0.164. The molecule has 1 N–H and O–H groups in total. The van der Waals surface area contributed by atoms with Gasteiger partial charge in [0.1, 0.15) is 0 Å². The van der Waals surface area contributed by atoms with Crippen molar-refractivity contribution in [3.05, 3.63) is 64.8 Å². The number of rotatable bonds is 8. The molecule has 0 aliphatic heterocycles. The number of hydrogen-bond acceptors (Lipinski definition) is 5. The maximum atomic E-state index is 12.3.